The van der Waals surface area contributed by atoms with Gasteiger partial charge in [0.15, 0.2) is 11.5 Å². The second kappa shape index (κ2) is 8.96. The largest absolute Gasteiger partial charge is 0.493 e. The number of ether oxygens (including phenoxy) is 2. The van der Waals surface area contributed by atoms with Crippen LogP contribution in [0.3, 0.4) is 0 Å². The summed E-state index contributed by atoms with van der Waals surface area (Å²) in [5.74, 6) is 1.29. The summed E-state index contributed by atoms with van der Waals surface area (Å²) >= 11 is 3.13. The SMILES string of the molecule is COc1cc(C(=O)NCc2csc(C(C)C)n2)ccc1OCc1cscn1. The van der Waals surface area contributed by atoms with Crippen LogP contribution in [0.4, 0.5) is 0 Å². The van der Waals surface area contributed by atoms with Crippen LogP contribution in [-0.4, -0.2) is 23.0 Å². The van der Waals surface area contributed by atoms with Crippen molar-refractivity contribution in [3.8, 4) is 11.5 Å². The molecule has 142 valence electrons. The van der Waals surface area contributed by atoms with Crippen LogP contribution >= 0.6 is 22.7 Å². The lowest BCUT2D eigenvalue weighted by atomic mass is 10.2. The molecular weight excluding hydrogens is 382 g/mol. The van der Waals surface area contributed by atoms with Gasteiger partial charge >= 0.3 is 0 Å². The summed E-state index contributed by atoms with van der Waals surface area (Å²) in [5, 5.41) is 7.87. The molecule has 3 rings (SSSR count). The number of methoxy groups -OCH3 is 1. The molecule has 0 unspecified atom stereocenters. The standard InChI is InChI=1S/C19H21N3O3S2/c1-12(2)19-22-14(10-27-19)7-20-18(23)13-4-5-16(17(6-13)24-3)25-8-15-9-26-11-21-15/h4-6,9-12H,7-8H2,1-3H3,(H,20,23). The average Bonchev–Trinajstić information content (AvgIpc) is 3.36. The molecule has 2 heterocycles. The normalized spacial score (nSPS) is 10.8. The maximum absolute atomic E-state index is 12.4. The highest BCUT2D eigenvalue weighted by atomic mass is 32.1. The van der Waals surface area contributed by atoms with E-state index < -0.39 is 0 Å². The second-order valence-corrected chi connectivity index (χ2v) is 7.76. The Hall–Kier alpha value is -2.45. The van der Waals surface area contributed by atoms with E-state index in [9.17, 15) is 4.79 Å². The van der Waals surface area contributed by atoms with E-state index in [2.05, 4.69) is 29.1 Å². The van der Waals surface area contributed by atoms with Crippen LogP contribution in [-0.2, 0) is 13.2 Å². The topological polar surface area (TPSA) is 73.3 Å². The lowest BCUT2D eigenvalue weighted by Gasteiger charge is -2.11. The summed E-state index contributed by atoms with van der Waals surface area (Å²) in [5.41, 5.74) is 3.99. The summed E-state index contributed by atoms with van der Waals surface area (Å²) in [7, 11) is 1.55. The number of nitrogens with zero attached hydrogens (tertiary/aromatic N) is 2. The third-order valence-electron chi connectivity index (χ3n) is 3.78. The molecule has 27 heavy (non-hydrogen) atoms. The Labute approximate surface area is 166 Å². The number of carbonyl (C=O) groups excluding carboxylic acids is 1. The van der Waals surface area contributed by atoms with E-state index in [0.717, 1.165) is 16.4 Å². The van der Waals surface area contributed by atoms with Gasteiger partial charge in [-0.05, 0) is 18.2 Å². The lowest BCUT2D eigenvalue weighted by Crippen LogP contribution is -2.23. The van der Waals surface area contributed by atoms with E-state index >= 15 is 0 Å². The van der Waals surface area contributed by atoms with Crippen molar-refractivity contribution in [3.05, 3.63) is 56.4 Å². The highest BCUT2D eigenvalue weighted by molar-refractivity contribution is 7.09. The van der Waals surface area contributed by atoms with E-state index in [-0.39, 0.29) is 5.91 Å². The number of thiazole rings is 2. The Morgan fingerprint density at radius 2 is 2.07 bits per heavy atom. The van der Waals surface area contributed by atoms with Crippen molar-refractivity contribution < 1.29 is 14.3 Å². The monoisotopic (exact) mass is 403 g/mol. The van der Waals surface area contributed by atoms with Gasteiger partial charge < -0.3 is 14.8 Å². The van der Waals surface area contributed by atoms with Gasteiger partial charge in [0.2, 0.25) is 0 Å². The summed E-state index contributed by atoms with van der Waals surface area (Å²) in [6.07, 6.45) is 0. The maximum atomic E-state index is 12.4. The van der Waals surface area contributed by atoms with Crippen LogP contribution in [0, 0.1) is 0 Å². The van der Waals surface area contributed by atoms with Gasteiger partial charge in [-0.3, -0.25) is 4.79 Å². The molecule has 6 nitrogen and oxygen atoms in total. The Balaban J connectivity index is 1.62. The first-order valence-corrected chi connectivity index (χ1v) is 10.3. The van der Waals surface area contributed by atoms with Crippen LogP contribution in [0.25, 0.3) is 0 Å². The third kappa shape index (κ3) is 5.05. The molecule has 0 atom stereocenters. The number of nitrogens with one attached hydrogen (secondary N) is 1. The molecule has 0 bridgehead atoms. The number of carbonyl (C=O) groups is 1. The van der Waals surface area contributed by atoms with Crippen molar-refractivity contribution in [2.75, 3.05) is 7.11 Å². The van der Waals surface area contributed by atoms with Gasteiger partial charge in [-0.15, -0.1) is 22.7 Å². The van der Waals surface area contributed by atoms with Crippen LogP contribution in [0.15, 0.2) is 34.5 Å². The molecule has 0 aliphatic carbocycles. The summed E-state index contributed by atoms with van der Waals surface area (Å²) in [4.78, 5) is 21.1. The lowest BCUT2D eigenvalue weighted by molar-refractivity contribution is 0.0950. The molecule has 0 aliphatic rings. The van der Waals surface area contributed by atoms with Gasteiger partial charge in [-0.25, -0.2) is 9.97 Å². The zero-order chi connectivity index (χ0) is 19.2. The molecule has 0 saturated carbocycles. The van der Waals surface area contributed by atoms with Crippen molar-refractivity contribution in [1.82, 2.24) is 15.3 Å². The van der Waals surface area contributed by atoms with Crippen LogP contribution in [0.1, 0.15) is 46.5 Å². The number of hydrogen-bond acceptors (Lipinski definition) is 7. The Morgan fingerprint density at radius 1 is 1.22 bits per heavy atom. The minimum Gasteiger partial charge on any atom is -0.493 e. The van der Waals surface area contributed by atoms with Gasteiger partial charge in [0, 0.05) is 22.2 Å². The van der Waals surface area contributed by atoms with Crippen molar-refractivity contribution >= 4 is 28.6 Å². The van der Waals surface area contributed by atoms with E-state index in [4.69, 9.17) is 9.47 Å². The fourth-order valence-electron chi connectivity index (χ4n) is 2.33. The maximum Gasteiger partial charge on any atom is 0.251 e. The summed E-state index contributed by atoms with van der Waals surface area (Å²) < 4.78 is 11.1. The highest BCUT2D eigenvalue weighted by Gasteiger charge is 2.13. The van der Waals surface area contributed by atoms with Crippen LogP contribution < -0.4 is 14.8 Å². The summed E-state index contributed by atoms with van der Waals surface area (Å²) in [6, 6.07) is 5.13. The molecule has 0 fully saturated rings. The molecule has 1 N–H and O–H groups in total. The van der Waals surface area contributed by atoms with Gasteiger partial charge in [0.05, 0.1) is 35.6 Å². The smallest absolute Gasteiger partial charge is 0.251 e. The molecule has 0 aliphatic heterocycles. The molecule has 0 spiro atoms. The van der Waals surface area contributed by atoms with Crippen molar-refractivity contribution in [3.63, 3.8) is 0 Å². The Morgan fingerprint density at radius 3 is 2.74 bits per heavy atom. The molecule has 1 aromatic carbocycles. The van der Waals surface area contributed by atoms with Gasteiger partial charge in [0.1, 0.15) is 6.61 Å². The van der Waals surface area contributed by atoms with Crippen LogP contribution in [0.2, 0.25) is 0 Å². The zero-order valence-corrected chi connectivity index (χ0v) is 17.0. The van der Waals surface area contributed by atoms with E-state index in [1.807, 2.05) is 10.8 Å². The van der Waals surface area contributed by atoms with Crippen LogP contribution in [0.5, 0.6) is 11.5 Å². The molecule has 1 amide bonds. The predicted molar refractivity (Wildman–Crippen MR) is 107 cm³/mol. The number of benzene rings is 1. The minimum absolute atomic E-state index is 0.182. The van der Waals surface area contributed by atoms with Crippen molar-refractivity contribution in [2.45, 2.75) is 32.9 Å². The van der Waals surface area contributed by atoms with Crippen molar-refractivity contribution in [1.29, 1.82) is 0 Å². The van der Waals surface area contributed by atoms with Gasteiger partial charge in [-0.2, -0.15) is 0 Å². The van der Waals surface area contributed by atoms with E-state index in [0.29, 0.717) is 36.1 Å². The average molecular weight is 404 g/mol. The molecule has 3 aromatic rings. The number of hydrogen-bond donors (Lipinski definition) is 1. The molecule has 0 radical (unpaired) electrons. The second-order valence-electron chi connectivity index (χ2n) is 6.15. The predicted octanol–water partition coefficient (Wildman–Crippen LogP) is 4.24. The third-order valence-corrected chi connectivity index (χ3v) is 5.61. The fourth-order valence-corrected chi connectivity index (χ4v) is 3.71. The van der Waals surface area contributed by atoms with Gasteiger partial charge in [-0.1, -0.05) is 13.8 Å². The molecule has 2 aromatic heterocycles. The first-order valence-electron chi connectivity index (χ1n) is 8.47. The molecule has 0 saturated heterocycles. The molecular formula is C19H21N3O3S2. The minimum atomic E-state index is -0.182. The quantitative estimate of drug-likeness (QED) is 0.609. The number of rotatable bonds is 8. The van der Waals surface area contributed by atoms with E-state index in [1.54, 1.807) is 42.2 Å². The first-order chi connectivity index (χ1) is 13.1. The Kier molecular flexibility index (Phi) is 6.41. The van der Waals surface area contributed by atoms with Crippen molar-refractivity contribution in [2.24, 2.45) is 0 Å². The van der Waals surface area contributed by atoms with Gasteiger partial charge in [0.25, 0.3) is 5.91 Å². The summed E-state index contributed by atoms with van der Waals surface area (Å²) in [6.45, 7) is 4.96. The first kappa shape index (κ1) is 19.3. The number of amides is 1. The Bertz CT molecular complexity index is 892. The van der Waals surface area contributed by atoms with E-state index in [1.165, 1.54) is 11.3 Å². The molecule has 8 heteroatoms. The zero-order valence-electron chi connectivity index (χ0n) is 15.4. The number of aromatic nitrogens is 2. The highest BCUT2D eigenvalue weighted by Crippen LogP contribution is 2.29. The fraction of sp³-hybridized carbons (Fsp3) is 0.316.